The third-order valence-corrected chi connectivity index (χ3v) is 3.12. The number of nitrogens with zero attached hydrogens (tertiary/aromatic N) is 1. The Hall–Kier alpha value is -2.18. The fraction of sp³-hybridized carbons (Fsp3) is 0.429. The van der Waals surface area contributed by atoms with Crippen LogP contribution in [0.4, 0.5) is 13.6 Å². The van der Waals surface area contributed by atoms with Gasteiger partial charge in [-0.2, -0.15) is 0 Å². The molecule has 0 saturated carbocycles. The van der Waals surface area contributed by atoms with Gasteiger partial charge in [0, 0.05) is 12.6 Å². The van der Waals surface area contributed by atoms with E-state index in [-0.39, 0.29) is 12.6 Å². The normalized spacial score (nSPS) is 11.8. The lowest BCUT2D eigenvalue weighted by Gasteiger charge is -2.27. The lowest BCUT2D eigenvalue weighted by molar-refractivity contribution is -0.138. The Kier molecular flexibility index (Phi) is 6.08. The van der Waals surface area contributed by atoms with Crippen molar-refractivity contribution in [2.45, 2.75) is 32.9 Å². The number of benzene rings is 1. The Morgan fingerprint density at radius 2 is 2.00 bits per heavy atom. The summed E-state index contributed by atoms with van der Waals surface area (Å²) in [4.78, 5) is 23.9. The van der Waals surface area contributed by atoms with Gasteiger partial charge in [-0.3, -0.25) is 4.79 Å². The molecule has 1 unspecified atom stereocenters. The maximum absolute atomic E-state index is 13.0. The first-order valence-corrected chi connectivity index (χ1v) is 6.55. The Bertz CT molecular complexity index is 523. The van der Waals surface area contributed by atoms with Crippen molar-refractivity contribution < 1.29 is 23.5 Å². The van der Waals surface area contributed by atoms with Crippen LogP contribution in [-0.4, -0.2) is 34.6 Å². The maximum Gasteiger partial charge on any atom is 0.323 e. The number of aliphatic carboxylic acids is 1. The lowest BCUT2D eigenvalue weighted by Crippen LogP contribution is -2.47. The van der Waals surface area contributed by atoms with E-state index in [1.807, 2.05) is 6.92 Å². The Balaban J connectivity index is 2.68. The quantitative estimate of drug-likeness (QED) is 0.847. The molecule has 0 spiro atoms. The van der Waals surface area contributed by atoms with Crippen molar-refractivity contribution in [3.63, 3.8) is 0 Å². The van der Waals surface area contributed by atoms with Crippen molar-refractivity contribution in [1.29, 1.82) is 0 Å². The van der Waals surface area contributed by atoms with Gasteiger partial charge in [0.25, 0.3) is 0 Å². The second-order valence-corrected chi connectivity index (χ2v) is 4.69. The Morgan fingerprint density at radius 1 is 1.33 bits per heavy atom. The van der Waals surface area contributed by atoms with Crippen LogP contribution in [0.5, 0.6) is 0 Å². The number of urea groups is 1. The third kappa shape index (κ3) is 5.02. The van der Waals surface area contributed by atoms with Crippen molar-refractivity contribution in [3.05, 3.63) is 35.4 Å². The average Bonchev–Trinajstić information content (AvgIpc) is 2.44. The average molecular weight is 300 g/mol. The van der Waals surface area contributed by atoms with Crippen molar-refractivity contribution in [1.82, 2.24) is 10.2 Å². The SMILES string of the molecule is CCC(C)N(CC(=O)O)C(=O)NCc1ccc(F)c(F)c1. The van der Waals surface area contributed by atoms with Crippen molar-refractivity contribution in [2.75, 3.05) is 6.54 Å². The van der Waals surface area contributed by atoms with E-state index in [4.69, 9.17) is 5.11 Å². The molecule has 2 amide bonds. The highest BCUT2D eigenvalue weighted by atomic mass is 19.2. The van der Waals surface area contributed by atoms with Crippen molar-refractivity contribution >= 4 is 12.0 Å². The predicted molar refractivity (Wildman–Crippen MR) is 72.7 cm³/mol. The molecule has 0 aliphatic heterocycles. The highest BCUT2D eigenvalue weighted by Gasteiger charge is 2.21. The molecule has 0 fully saturated rings. The summed E-state index contributed by atoms with van der Waals surface area (Å²) >= 11 is 0. The minimum absolute atomic E-state index is 0.0113. The maximum atomic E-state index is 13.0. The molecule has 116 valence electrons. The number of carbonyl (C=O) groups is 2. The molecule has 0 bridgehead atoms. The van der Waals surface area contributed by atoms with Gasteiger partial charge in [-0.05, 0) is 31.0 Å². The van der Waals surface area contributed by atoms with E-state index in [2.05, 4.69) is 5.32 Å². The number of nitrogens with one attached hydrogen (secondary N) is 1. The smallest absolute Gasteiger partial charge is 0.323 e. The molecule has 5 nitrogen and oxygen atoms in total. The minimum atomic E-state index is -1.11. The van der Waals surface area contributed by atoms with Gasteiger partial charge in [0.05, 0.1) is 0 Å². The molecule has 7 heteroatoms. The van der Waals surface area contributed by atoms with Crippen LogP contribution >= 0.6 is 0 Å². The Morgan fingerprint density at radius 3 is 2.52 bits per heavy atom. The van der Waals surface area contributed by atoms with E-state index in [9.17, 15) is 18.4 Å². The predicted octanol–water partition coefficient (Wildman–Crippen LogP) is 2.36. The molecule has 1 atom stereocenters. The first-order chi connectivity index (χ1) is 9.85. The van der Waals surface area contributed by atoms with Gasteiger partial charge in [0.2, 0.25) is 0 Å². The Labute approximate surface area is 121 Å². The summed E-state index contributed by atoms with van der Waals surface area (Å²) in [6.45, 7) is 3.14. The van der Waals surface area contributed by atoms with Gasteiger partial charge >= 0.3 is 12.0 Å². The van der Waals surface area contributed by atoms with Crippen molar-refractivity contribution in [2.24, 2.45) is 0 Å². The van der Waals surface area contributed by atoms with Crippen LogP contribution in [0.15, 0.2) is 18.2 Å². The van der Waals surface area contributed by atoms with E-state index < -0.39 is 30.2 Å². The van der Waals surface area contributed by atoms with Crippen LogP contribution < -0.4 is 5.32 Å². The molecule has 0 aromatic heterocycles. The topological polar surface area (TPSA) is 69.6 Å². The molecule has 0 radical (unpaired) electrons. The summed E-state index contributed by atoms with van der Waals surface area (Å²) in [6, 6.07) is 2.51. The second kappa shape index (κ2) is 7.56. The number of halogens is 2. The molecule has 1 aromatic carbocycles. The van der Waals surface area contributed by atoms with Crippen LogP contribution in [0.2, 0.25) is 0 Å². The summed E-state index contributed by atoms with van der Waals surface area (Å²) in [5, 5.41) is 11.3. The zero-order valence-electron chi connectivity index (χ0n) is 11.9. The number of hydrogen-bond acceptors (Lipinski definition) is 2. The van der Waals surface area contributed by atoms with Crippen LogP contribution in [0.25, 0.3) is 0 Å². The molecule has 1 aromatic rings. The molecule has 0 aliphatic rings. The number of hydrogen-bond donors (Lipinski definition) is 2. The molecule has 2 N–H and O–H groups in total. The molecule has 21 heavy (non-hydrogen) atoms. The molecule has 0 saturated heterocycles. The number of carbonyl (C=O) groups excluding carboxylic acids is 1. The van der Waals surface area contributed by atoms with Crippen LogP contribution in [0.1, 0.15) is 25.8 Å². The standard InChI is InChI=1S/C14H18F2N2O3/c1-3-9(2)18(8-13(19)20)14(21)17-7-10-4-5-11(15)12(16)6-10/h4-6,9H,3,7-8H2,1-2H3,(H,17,21)(H,19,20). The van der Waals surface area contributed by atoms with Gasteiger partial charge in [-0.25, -0.2) is 13.6 Å². The van der Waals surface area contributed by atoms with Crippen LogP contribution in [0, 0.1) is 11.6 Å². The van der Waals surface area contributed by atoms with E-state index in [1.54, 1.807) is 6.92 Å². The van der Waals surface area contributed by atoms with E-state index in [0.717, 1.165) is 12.1 Å². The van der Waals surface area contributed by atoms with Gasteiger partial charge < -0.3 is 15.3 Å². The fourth-order valence-electron chi connectivity index (χ4n) is 1.72. The van der Waals surface area contributed by atoms with E-state index in [0.29, 0.717) is 12.0 Å². The zero-order chi connectivity index (χ0) is 16.0. The number of rotatable bonds is 6. The molecule has 0 heterocycles. The summed E-state index contributed by atoms with van der Waals surface area (Å²) in [5.41, 5.74) is 0.390. The van der Waals surface area contributed by atoms with E-state index in [1.165, 1.54) is 11.0 Å². The highest BCUT2D eigenvalue weighted by Crippen LogP contribution is 2.09. The van der Waals surface area contributed by atoms with Crippen LogP contribution in [0.3, 0.4) is 0 Å². The summed E-state index contributed by atoms with van der Waals surface area (Å²) in [7, 11) is 0. The van der Waals surface area contributed by atoms with Crippen LogP contribution in [-0.2, 0) is 11.3 Å². The lowest BCUT2D eigenvalue weighted by atomic mass is 10.2. The summed E-state index contributed by atoms with van der Waals surface area (Å²) in [5.74, 6) is -3.07. The van der Waals surface area contributed by atoms with Crippen molar-refractivity contribution in [3.8, 4) is 0 Å². The molecular weight excluding hydrogens is 282 g/mol. The summed E-state index contributed by atoms with van der Waals surface area (Å²) < 4.78 is 25.8. The first-order valence-electron chi connectivity index (χ1n) is 6.55. The molecule has 0 aliphatic carbocycles. The number of carboxylic acid groups (broad SMARTS) is 1. The number of amides is 2. The minimum Gasteiger partial charge on any atom is -0.480 e. The first kappa shape index (κ1) is 16.9. The van der Waals surface area contributed by atoms with Gasteiger partial charge in [-0.15, -0.1) is 0 Å². The second-order valence-electron chi connectivity index (χ2n) is 4.69. The highest BCUT2D eigenvalue weighted by molar-refractivity contribution is 5.80. The van der Waals surface area contributed by atoms with Gasteiger partial charge in [0.15, 0.2) is 11.6 Å². The van der Waals surface area contributed by atoms with Gasteiger partial charge in [-0.1, -0.05) is 13.0 Å². The summed E-state index contributed by atoms with van der Waals surface area (Å²) in [6.07, 6.45) is 0.603. The fourth-order valence-corrected chi connectivity index (χ4v) is 1.72. The van der Waals surface area contributed by atoms with E-state index >= 15 is 0 Å². The largest absolute Gasteiger partial charge is 0.480 e. The molecule has 1 rings (SSSR count). The molecular formula is C14H18F2N2O3. The number of carboxylic acids is 1. The monoisotopic (exact) mass is 300 g/mol. The zero-order valence-corrected chi connectivity index (χ0v) is 11.9. The van der Waals surface area contributed by atoms with Gasteiger partial charge in [0.1, 0.15) is 6.54 Å². The third-order valence-electron chi connectivity index (χ3n) is 3.12.